The Kier molecular flexibility index (Phi) is 4.21. The molecule has 158 valence electrons. The molecule has 1 atom stereocenters. The van der Waals surface area contributed by atoms with Crippen molar-refractivity contribution in [2.45, 2.75) is 63.7 Å². The van der Waals surface area contributed by atoms with Gasteiger partial charge < -0.3 is 4.74 Å². The number of fused-ring (bicyclic) bond motifs is 1. The van der Waals surface area contributed by atoms with Crippen molar-refractivity contribution in [3.63, 3.8) is 0 Å². The molecule has 1 fully saturated rings. The Labute approximate surface area is 174 Å². The van der Waals surface area contributed by atoms with Crippen molar-refractivity contribution in [3.8, 4) is 5.75 Å². The summed E-state index contributed by atoms with van der Waals surface area (Å²) in [5, 5.41) is 7.63. The number of ether oxygens (including phenoxy) is 1. The van der Waals surface area contributed by atoms with Crippen LogP contribution in [0.4, 0.5) is 8.78 Å². The van der Waals surface area contributed by atoms with Crippen LogP contribution in [-0.2, 0) is 11.2 Å². The molecule has 0 bridgehead atoms. The maximum absolute atomic E-state index is 13.6. The smallest absolute Gasteiger partial charge is 0.249 e. The minimum atomic E-state index is -2.62. The molecule has 2 aromatic rings. The van der Waals surface area contributed by atoms with Crippen LogP contribution in [0.2, 0.25) is 0 Å². The number of para-hydroxylation sites is 1. The lowest BCUT2D eigenvalue weighted by Gasteiger charge is -2.40. The Balaban J connectivity index is 1.70. The van der Waals surface area contributed by atoms with Gasteiger partial charge >= 0.3 is 0 Å². The van der Waals surface area contributed by atoms with Crippen LogP contribution in [0.3, 0.4) is 0 Å². The van der Waals surface area contributed by atoms with Crippen molar-refractivity contribution in [3.05, 3.63) is 57.9 Å². The first-order chi connectivity index (χ1) is 14.2. The van der Waals surface area contributed by atoms with Gasteiger partial charge in [-0.3, -0.25) is 9.89 Å². The van der Waals surface area contributed by atoms with Crippen molar-refractivity contribution in [1.82, 2.24) is 10.2 Å². The number of ketones is 1. The quantitative estimate of drug-likeness (QED) is 0.744. The normalized spacial score (nSPS) is 24.8. The van der Waals surface area contributed by atoms with Gasteiger partial charge in [-0.05, 0) is 17.9 Å². The third-order valence-corrected chi connectivity index (χ3v) is 6.82. The predicted molar refractivity (Wildman–Crippen MR) is 109 cm³/mol. The number of nitrogens with zero attached hydrogens (tertiary/aromatic N) is 1. The second-order valence-corrected chi connectivity index (χ2v) is 9.77. The molecular formula is C24H26F2N2O2. The fourth-order valence-electron chi connectivity index (χ4n) is 5.58. The van der Waals surface area contributed by atoms with Crippen LogP contribution in [0, 0.1) is 5.41 Å². The Bertz CT molecular complexity index is 1060. The number of nitrogens with one attached hydrogen (secondary N) is 1. The second-order valence-electron chi connectivity index (χ2n) is 9.77. The summed E-state index contributed by atoms with van der Waals surface area (Å²) in [7, 11) is 1.62. The number of alkyl halides is 2. The molecule has 0 aliphatic heterocycles. The van der Waals surface area contributed by atoms with Gasteiger partial charge in [0.25, 0.3) is 0 Å². The van der Waals surface area contributed by atoms with Gasteiger partial charge in [-0.2, -0.15) is 5.10 Å². The maximum atomic E-state index is 13.6. The number of carbonyl (C=O) groups is 1. The van der Waals surface area contributed by atoms with Crippen LogP contribution in [0.5, 0.6) is 5.75 Å². The molecule has 1 N–H and O–H groups in total. The number of methoxy groups -OCH3 is 1. The molecule has 1 saturated carbocycles. The molecule has 0 amide bonds. The lowest BCUT2D eigenvalue weighted by Crippen LogP contribution is -2.36. The van der Waals surface area contributed by atoms with Gasteiger partial charge in [0.2, 0.25) is 5.92 Å². The van der Waals surface area contributed by atoms with E-state index in [0.29, 0.717) is 24.3 Å². The highest BCUT2D eigenvalue weighted by atomic mass is 19.3. The first kappa shape index (κ1) is 19.5. The standard InChI is InChI=1S/C24H26F2N2O2/c1-23(2)9-13-8-16-21(22(28-27-16)14-10-24(25,26)11-14)20(19(13)17(29)12-23)15-6-4-5-7-18(15)30-3/h4-7,14,20H,8-12H2,1-3H3,(H,27,28)/t20-/m0/s1. The topological polar surface area (TPSA) is 55.0 Å². The highest BCUT2D eigenvalue weighted by Crippen LogP contribution is 2.55. The zero-order chi connectivity index (χ0) is 21.3. The number of allylic oxidation sites excluding steroid dienone is 2. The van der Waals surface area contributed by atoms with Gasteiger partial charge in [-0.1, -0.05) is 37.6 Å². The van der Waals surface area contributed by atoms with Crippen molar-refractivity contribution in [2.24, 2.45) is 5.41 Å². The van der Waals surface area contributed by atoms with Crippen molar-refractivity contribution >= 4 is 5.78 Å². The molecule has 0 saturated heterocycles. The van der Waals surface area contributed by atoms with Gasteiger partial charge in [0, 0.05) is 59.9 Å². The van der Waals surface area contributed by atoms with Gasteiger partial charge in [-0.15, -0.1) is 0 Å². The van der Waals surface area contributed by atoms with Crippen LogP contribution in [0.15, 0.2) is 35.4 Å². The van der Waals surface area contributed by atoms with Gasteiger partial charge in [0.1, 0.15) is 5.75 Å². The van der Waals surface area contributed by atoms with E-state index in [1.807, 2.05) is 24.3 Å². The number of rotatable bonds is 3. The molecule has 1 aromatic carbocycles. The first-order valence-electron chi connectivity index (χ1n) is 10.5. The summed E-state index contributed by atoms with van der Waals surface area (Å²) in [6.45, 7) is 4.24. The van der Waals surface area contributed by atoms with E-state index in [4.69, 9.17) is 4.74 Å². The maximum Gasteiger partial charge on any atom is 0.249 e. The Hall–Kier alpha value is -2.50. The van der Waals surface area contributed by atoms with E-state index in [2.05, 4.69) is 24.0 Å². The lowest BCUT2D eigenvalue weighted by molar-refractivity contribution is -0.118. The molecule has 1 heterocycles. The van der Waals surface area contributed by atoms with E-state index in [1.165, 1.54) is 0 Å². The summed E-state index contributed by atoms with van der Waals surface area (Å²) in [5.74, 6) is -2.39. The minimum absolute atomic E-state index is 0.0857. The molecule has 1 aromatic heterocycles. The van der Waals surface area contributed by atoms with E-state index >= 15 is 0 Å². The van der Waals surface area contributed by atoms with Crippen molar-refractivity contribution in [1.29, 1.82) is 0 Å². The summed E-state index contributed by atoms with van der Waals surface area (Å²) in [6.07, 6.45) is 1.59. The number of Topliss-reactive ketones (excluding diaryl/α,β-unsaturated/α-hetero) is 1. The third-order valence-electron chi connectivity index (χ3n) is 6.82. The molecule has 0 spiro atoms. The summed E-state index contributed by atoms with van der Waals surface area (Å²) in [5.41, 5.74) is 5.31. The molecule has 30 heavy (non-hydrogen) atoms. The van der Waals surface area contributed by atoms with Crippen molar-refractivity contribution < 1.29 is 18.3 Å². The van der Waals surface area contributed by atoms with E-state index < -0.39 is 5.92 Å². The van der Waals surface area contributed by atoms with Crippen LogP contribution in [-0.4, -0.2) is 29.0 Å². The number of halogens is 2. The summed E-state index contributed by atoms with van der Waals surface area (Å²) in [4.78, 5) is 13.4. The van der Waals surface area contributed by atoms with E-state index in [1.54, 1.807) is 7.11 Å². The van der Waals surface area contributed by atoms with Crippen LogP contribution in [0.25, 0.3) is 0 Å². The van der Waals surface area contributed by atoms with E-state index in [0.717, 1.165) is 34.4 Å². The minimum Gasteiger partial charge on any atom is -0.496 e. The molecule has 3 aliphatic rings. The molecule has 6 heteroatoms. The summed E-state index contributed by atoms with van der Waals surface area (Å²) >= 11 is 0. The van der Waals surface area contributed by atoms with E-state index in [9.17, 15) is 13.6 Å². The van der Waals surface area contributed by atoms with E-state index in [-0.39, 0.29) is 35.9 Å². The average molecular weight is 412 g/mol. The second kappa shape index (κ2) is 6.50. The summed E-state index contributed by atoms with van der Waals surface area (Å²) in [6, 6.07) is 7.69. The number of hydrogen-bond acceptors (Lipinski definition) is 3. The fraction of sp³-hybridized carbons (Fsp3) is 0.500. The highest BCUT2D eigenvalue weighted by Gasteiger charge is 2.50. The van der Waals surface area contributed by atoms with Crippen LogP contribution < -0.4 is 4.74 Å². The Morgan fingerprint density at radius 3 is 2.60 bits per heavy atom. The molecule has 4 nitrogen and oxygen atoms in total. The average Bonchev–Trinajstić information content (AvgIpc) is 3.06. The van der Waals surface area contributed by atoms with Crippen LogP contribution >= 0.6 is 0 Å². The summed E-state index contributed by atoms with van der Waals surface area (Å²) < 4.78 is 32.9. The van der Waals surface area contributed by atoms with Gasteiger partial charge in [0.15, 0.2) is 5.78 Å². The largest absolute Gasteiger partial charge is 0.496 e. The molecular weight excluding hydrogens is 386 g/mol. The molecule has 0 unspecified atom stereocenters. The zero-order valence-corrected chi connectivity index (χ0v) is 17.5. The fourth-order valence-corrected chi connectivity index (χ4v) is 5.58. The Morgan fingerprint density at radius 1 is 1.17 bits per heavy atom. The van der Waals surface area contributed by atoms with Crippen molar-refractivity contribution in [2.75, 3.05) is 7.11 Å². The highest BCUT2D eigenvalue weighted by molar-refractivity contribution is 6.00. The third kappa shape index (κ3) is 2.99. The first-order valence-corrected chi connectivity index (χ1v) is 10.5. The monoisotopic (exact) mass is 412 g/mol. The molecule has 3 aliphatic carbocycles. The molecule has 0 radical (unpaired) electrons. The number of H-pyrrole nitrogens is 1. The zero-order valence-electron chi connectivity index (χ0n) is 17.5. The number of aromatic nitrogens is 2. The number of hydrogen-bond donors (Lipinski definition) is 1. The number of carbonyl (C=O) groups excluding carboxylic acids is 1. The SMILES string of the molecule is COc1ccccc1[C@H]1C2=C(Cc3[nH]nc(C4CC(F)(F)C4)c31)CC(C)(C)CC2=O. The molecule has 5 rings (SSSR count). The lowest BCUT2D eigenvalue weighted by atomic mass is 9.63. The number of benzene rings is 1. The van der Waals surface area contributed by atoms with Crippen LogP contribution in [0.1, 0.15) is 73.9 Å². The van der Waals surface area contributed by atoms with Gasteiger partial charge in [0.05, 0.1) is 12.8 Å². The predicted octanol–water partition coefficient (Wildman–Crippen LogP) is 5.30. The van der Waals surface area contributed by atoms with Gasteiger partial charge in [-0.25, -0.2) is 8.78 Å². The number of aromatic amines is 1. The Morgan fingerprint density at radius 2 is 1.90 bits per heavy atom.